The number of nitrogens with one attached hydrogen (secondary N) is 1. The summed E-state index contributed by atoms with van der Waals surface area (Å²) >= 11 is 0. The number of pyridine rings is 1. The monoisotopic (exact) mass is 535 g/mol. The molecule has 1 fully saturated rings. The Hall–Kier alpha value is -5.11. The molecule has 0 amide bonds. The number of aryl methyl sites for hydroxylation is 1. The molecule has 2 aromatic heterocycles. The van der Waals surface area contributed by atoms with E-state index in [1.165, 1.54) is 29.5 Å². The molecule has 8 nitrogen and oxygen atoms in total. The van der Waals surface area contributed by atoms with Crippen LogP contribution in [-0.4, -0.2) is 33.6 Å². The molecule has 1 saturated carbocycles. The molecule has 0 spiro atoms. The topological polar surface area (TPSA) is 118 Å². The highest BCUT2D eigenvalue weighted by atomic mass is 16.6. The van der Waals surface area contributed by atoms with Crippen LogP contribution in [0.15, 0.2) is 95.6 Å². The summed E-state index contributed by atoms with van der Waals surface area (Å²) in [7, 11) is 1.63. The van der Waals surface area contributed by atoms with Crippen LogP contribution in [0.1, 0.15) is 30.0 Å². The quantitative estimate of drug-likeness (QED) is 0.191. The van der Waals surface area contributed by atoms with E-state index in [0.29, 0.717) is 11.6 Å². The minimum Gasteiger partial charge on any atom is -0.481 e. The van der Waals surface area contributed by atoms with Crippen molar-refractivity contribution in [1.29, 1.82) is 0 Å². The van der Waals surface area contributed by atoms with E-state index in [1.54, 1.807) is 13.3 Å². The predicted molar refractivity (Wildman–Crippen MR) is 154 cm³/mol. The summed E-state index contributed by atoms with van der Waals surface area (Å²) in [5, 5.41) is 21.7. The van der Waals surface area contributed by atoms with E-state index in [0.717, 1.165) is 39.7 Å². The van der Waals surface area contributed by atoms with Gasteiger partial charge in [0, 0.05) is 23.0 Å². The van der Waals surface area contributed by atoms with Crippen molar-refractivity contribution in [3.8, 4) is 39.5 Å². The zero-order valence-electron chi connectivity index (χ0n) is 22.2. The maximum absolute atomic E-state index is 8.56. The summed E-state index contributed by atoms with van der Waals surface area (Å²) < 4.78 is 11.2. The van der Waals surface area contributed by atoms with Gasteiger partial charge in [-0.15, -0.1) is 0 Å². The second-order valence-electron chi connectivity index (χ2n) is 9.49. The van der Waals surface area contributed by atoms with Gasteiger partial charge in [-0.3, -0.25) is 0 Å². The maximum Gasteiger partial charge on any atom is 0.503 e. The minimum absolute atomic E-state index is 0.596. The molecule has 3 aromatic carbocycles. The van der Waals surface area contributed by atoms with E-state index in [4.69, 9.17) is 24.3 Å². The van der Waals surface area contributed by atoms with Gasteiger partial charge >= 0.3 is 6.16 Å². The third-order valence-electron chi connectivity index (χ3n) is 6.71. The van der Waals surface area contributed by atoms with Crippen molar-refractivity contribution >= 4 is 17.5 Å². The number of hydrogen-bond acceptors (Lipinski definition) is 6. The number of aromatic nitrogens is 2. The number of ether oxygens (including phenoxy) is 1. The van der Waals surface area contributed by atoms with Crippen LogP contribution in [-0.2, 0) is 0 Å². The lowest BCUT2D eigenvalue weighted by Gasteiger charge is -2.11. The fourth-order valence-electron chi connectivity index (χ4n) is 4.57. The normalized spacial score (nSPS) is 12.2. The van der Waals surface area contributed by atoms with Gasteiger partial charge in [0.1, 0.15) is 11.4 Å². The van der Waals surface area contributed by atoms with Crippen LogP contribution in [0.5, 0.6) is 5.88 Å². The van der Waals surface area contributed by atoms with E-state index in [-0.39, 0.29) is 0 Å². The Balaban J connectivity index is 0.000000758. The van der Waals surface area contributed by atoms with Crippen LogP contribution < -0.4 is 10.1 Å². The van der Waals surface area contributed by atoms with Gasteiger partial charge in [0.05, 0.1) is 7.11 Å². The SMILES string of the molecule is COc1ncccc1-c1cccc(Nc2c(C)noc2-c2ccc(-c3ccc(C4CC4)cc3)cc2)c1.O=C(O)O. The summed E-state index contributed by atoms with van der Waals surface area (Å²) in [6, 6.07) is 29.5. The van der Waals surface area contributed by atoms with Crippen molar-refractivity contribution in [2.75, 3.05) is 12.4 Å². The minimum atomic E-state index is -1.83. The Kier molecular flexibility index (Phi) is 7.77. The summed E-state index contributed by atoms with van der Waals surface area (Å²) in [5.41, 5.74) is 9.37. The molecular formula is C32H29N3O5. The van der Waals surface area contributed by atoms with E-state index in [9.17, 15) is 0 Å². The molecule has 40 heavy (non-hydrogen) atoms. The second-order valence-corrected chi connectivity index (χ2v) is 9.49. The van der Waals surface area contributed by atoms with Crippen molar-refractivity contribution in [2.24, 2.45) is 0 Å². The molecule has 0 aliphatic heterocycles. The zero-order chi connectivity index (χ0) is 28.1. The molecule has 0 atom stereocenters. The molecule has 202 valence electrons. The molecule has 0 bridgehead atoms. The third kappa shape index (κ3) is 6.13. The van der Waals surface area contributed by atoms with Gasteiger partial charge in [0.15, 0.2) is 5.76 Å². The average Bonchev–Trinajstić information content (AvgIpc) is 3.77. The van der Waals surface area contributed by atoms with Gasteiger partial charge in [0.2, 0.25) is 5.88 Å². The second kappa shape index (κ2) is 11.7. The lowest BCUT2D eigenvalue weighted by atomic mass is 10.0. The van der Waals surface area contributed by atoms with Crippen LogP contribution in [0, 0.1) is 6.92 Å². The number of nitrogens with zero attached hydrogens (tertiary/aromatic N) is 2. The molecule has 8 heteroatoms. The van der Waals surface area contributed by atoms with E-state index in [2.05, 4.69) is 70.1 Å². The Bertz CT molecular complexity index is 1600. The first-order chi connectivity index (χ1) is 19.4. The number of hydrogen-bond donors (Lipinski definition) is 3. The van der Waals surface area contributed by atoms with Gasteiger partial charge in [-0.25, -0.2) is 9.78 Å². The predicted octanol–water partition coefficient (Wildman–Crippen LogP) is 8.23. The third-order valence-corrected chi connectivity index (χ3v) is 6.71. The van der Waals surface area contributed by atoms with Crippen LogP contribution >= 0.6 is 0 Å². The lowest BCUT2D eigenvalue weighted by molar-refractivity contribution is 0.137. The van der Waals surface area contributed by atoms with Gasteiger partial charge in [-0.05, 0) is 72.2 Å². The number of carbonyl (C=O) groups is 1. The molecule has 0 saturated heterocycles. The highest BCUT2D eigenvalue weighted by molar-refractivity contribution is 5.81. The highest BCUT2D eigenvalue weighted by Crippen LogP contribution is 2.41. The largest absolute Gasteiger partial charge is 0.503 e. The van der Waals surface area contributed by atoms with Crippen molar-refractivity contribution < 1.29 is 24.3 Å². The number of benzene rings is 3. The first-order valence-electron chi connectivity index (χ1n) is 12.9. The summed E-state index contributed by atoms with van der Waals surface area (Å²) in [6.07, 6.45) is 2.54. The zero-order valence-corrected chi connectivity index (χ0v) is 22.2. The highest BCUT2D eigenvalue weighted by Gasteiger charge is 2.23. The van der Waals surface area contributed by atoms with E-state index >= 15 is 0 Å². The molecule has 1 aliphatic rings. The number of rotatable bonds is 7. The molecule has 3 N–H and O–H groups in total. The van der Waals surface area contributed by atoms with Crippen molar-refractivity contribution in [3.63, 3.8) is 0 Å². The Morgan fingerprint density at radius 3 is 2.20 bits per heavy atom. The fourth-order valence-corrected chi connectivity index (χ4v) is 4.57. The molecule has 1 aliphatic carbocycles. The molecule has 2 heterocycles. The lowest BCUT2D eigenvalue weighted by Crippen LogP contribution is -1.95. The summed E-state index contributed by atoms with van der Waals surface area (Å²) in [6.45, 7) is 1.94. The standard InChI is InChI=1S/C31H27N3O2.CH2O3/c1-20-29(33-27-6-3-5-26(19-27)28-7-4-18-32-31(28)35-2)30(36-34-20)25-16-14-24(15-17-25)23-12-10-22(11-13-23)21-8-9-21;2-1(3)4/h3-7,10-19,21,33H,8-9H2,1-2H3;(H2,2,3,4). The van der Waals surface area contributed by atoms with Crippen LogP contribution in [0.3, 0.4) is 0 Å². The number of carboxylic acid groups (broad SMARTS) is 2. The first-order valence-corrected chi connectivity index (χ1v) is 12.9. The molecule has 5 aromatic rings. The first kappa shape index (κ1) is 26.5. The smallest absolute Gasteiger partial charge is 0.481 e. The van der Waals surface area contributed by atoms with Gasteiger partial charge in [-0.2, -0.15) is 0 Å². The van der Waals surface area contributed by atoms with Gasteiger partial charge in [-0.1, -0.05) is 65.8 Å². The van der Waals surface area contributed by atoms with E-state index in [1.807, 2.05) is 37.3 Å². The van der Waals surface area contributed by atoms with Gasteiger partial charge < -0.3 is 24.8 Å². The summed E-state index contributed by atoms with van der Waals surface area (Å²) in [4.78, 5) is 12.9. The van der Waals surface area contributed by atoms with Crippen molar-refractivity contribution in [3.05, 3.63) is 102 Å². The van der Waals surface area contributed by atoms with Gasteiger partial charge in [0.25, 0.3) is 0 Å². The van der Waals surface area contributed by atoms with Crippen LogP contribution in [0.4, 0.5) is 16.2 Å². The average molecular weight is 536 g/mol. The molecular weight excluding hydrogens is 506 g/mol. The Morgan fingerprint density at radius 2 is 1.55 bits per heavy atom. The fraction of sp³-hybridized carbons (Fsp3) is 0.156. The molecule has 0 radical (unpaired) electrons. The number of anilines is 2. The van der Waals surface area contributed by atoms with E-state index < -0.39 is 6.16 Å². The maximum atomic E-state index is 8.56. The van der Waals surface area contributed by atoms with Crippen molar-refractivity contribution in [1.82, 2.24) is 10.1 Å². The Labute approximate surface area is 231 Å². The van der Waals surface area contributed by atoms with Crippen LogP contribution in [0.25, 0.3) is 33.6 Å². The van der Waals surface area contributed by atoms with Crippen molar-refractivity contribution in [2.45, 2.75) is 25.7 Å². The molecule has 6 rings (SSSR count). The summed E-state index contributed by atoms with van der Waals surface area (Å²) in [5.74, 6) is 2.08. The van der Waals surface area contributed by atoms with Crippen LogP contribution in [0.2, 0.25) is 0 Å². The number of methoxy groups -OCH3 is 1. The Morgan fingerprint density at radius 1 is 0.900 bits per heavy atom. The molecule has 0 unspecified atom stereocenters.